The van der Waals surface area contributed by atoms with E-state index < -0.39 is 0 Å². The molecule has 130 valence electrons. The Morgan fingerprint density at radius 3 is 2.92 bits per heavy atom. The first-order valence-electron chi connectivity index (χ1n) is 7.82. The number of hydrogen-bond donors (Lipinski definition) is 3. The van der Waals surface area contributed by atoms with E-state index in [0.717, 1.165) is 17.0 Å². The van der Waals surface area contributed by atoms with Crippen molar-refractivity contribution in [3.8, 4) is 11.4 Å². The van der Waals surface area contributed by atoms with Crippen molar-refractivity contribution < 1.29 is 9.32 Å². The summed E-state index contributed by atoms with van der Waals surface area (Å²) in [5, 5.41) is 13.6. The van der Waals surface area contributed by atoms with Crippen molar-refractivity contribution >= 4 is 5.91 Å². The van der Waals surface area contributed by atoms with Crippen LogP contribution in [0.15, 0.2) is 27.6 Å². The molecule has 3 N–H and O–H groups in total. The number of rotatable bonds is 6. The van der Waals surface area contributed by atoms with Crippen LogP contribution in [0.2, 0.25) is 0 Å². The Morgan fingerprint density at radius 2 is 2.20 bits per heavy atom. The summed E-state index contributed by atoms with van der Waals surface area (Å²) in [5.41, 5.74) is 3.25. The Morgan fingerprint density at radius 1 is 1.36 bits per heavy atom. The van der Waals surface area contributed by atoms with Crippen molar-refractivity contribution in [1.82, 2.24) is 30.6 Å². The first kappa shape index (κ1) is 16.6. The number of hydrogen-bond acceptors (Lipinski definition) is 6. The van der Waals surface area contributed by atoms with Crippen molar-refractivity contribution in [2.24, 2.45) is 0 Å². The third-order valence-electron chi connectivity index (χ3n) is 3.82. The standard InChI is InChI=1S/C16H18N6O3/c1-9-12(10(2)21-20-9)3-4-13(23)18-8-15-19-16(22-25-15)11-5-6-17-14(24)7-11/h5-7H,3-4,8H2,1-2H3,(H,17,24)(H,18,23)(H,20,21). The summed E-state index contributed by atoms with van der Waals surface area (Å²) >= 11 is 0. The van der Waals surface area contributed by atoms with Gasteiger partial charge in [0.2, 0.25) is 23.2 Å². The van der Waals surface area contributed by atoms with Crippen LogP contribution in [0, 0.1) is 13.8 Å². The molecular weight excluding hydrogens is 324 g/mol. The predicted molar refractivity (Wildman–Crippen MR) is 88.6 cm³/mol. The molecule has 25 heavy (non-hydrogen) atoms. The van der Waals surface area contributed by atoms with Crippen LogP contribution in [0.3, 0.4) is 0 Å². The Kier molecular flexibility index (Phi) is 4.73. The number of pyridine rings is 1. The Bertz CT molecular complexity index is 920. The number of aryl methyl sites for hydroxylation is 2. The largest absolute Gasteiger partial charge is 0.347 e. The van der Waals surface area contributed by atoms with Crippen LogP contribution in [0.1, 0.15) is 29.3 Å². The molecule has 0 radical (unpaired) electrons. The van der Waals surface area contributed by atoms with E-state index in [-0.39, 0.29) is 23.9 Å². The van der Waals surface area contributed by atoms with E-state index in [0.29, 0.717) is 24.2 Å². The second-order valence-corrected chi connectivity index (χ2v) is 5.64. The monoisotopic (exact) mass is 342 g/mol. The number of carbonyl (C=O) groups is 1. The maximum absolute atomic E-state index is 12.0. The van der Waals surface area contributed by atoms with Crippen LogP contribution in [0.25, 0.3) is 11.4 Å². The van der Waals surface area contributed by atoms with E-state index in [1.54, 1.807) is 6.07 Å². The lowest BCUT2D eigenvalue weighted by Crippen LogP contribution is -2.23. The Hall–Kier alpha value is -3.23. The van der Waals surface area contributed by atoms with Crippen LogP contribution in [-0.2, 0) is 17.8 Å². The molecule has 9 heteroatoms. The van der Waals surface area contributed by atoms with Gasteiger partial charge in [0.1, 0.15) is 0 Å². The van der Waals surface area contributed by atoms with Crippen molar-refractivity contribution in [3.63, 3.8) is 0 Å². The molecule has 0 spiro atoms. The van der Waals surface area contributed by atoms with E-state index in [1.807, 2.05) is 13.8 Å². The Labute approximate surface area is 142 Å². The number of nitrogens with zero attached hydrogens (tertiary/aromatic N) is 3. The van der Waals surface area contributed by atoms with Gasteiger partial charge in [-0.15, -0.1) is 0 Å². The van der Waals surface area contributed by atoms with E-state index >= 15 is 0 Å². The lowest BCUT2D eigenvalue weighted by atomic mass is 10.1. The normalized spacial score (nSPS) is 10.8. The highest BCUT2D eigenvalue weighted by atomic mass is 16.5. The number of aromatic nitrogens is 5. The fourth-order valence-electron chi connectivity index (χ4n) is 2.47. The fraction of sp³-hybridized carbons (Fsp3) is 0.312. The van der Waals surface area contributed by atoms with Gasteiger partial charge in [-0.05, 0) is 31.9 Å². The molecule has 0 saturated heterocycles. The van der Waals surface area contributed by atoms with Crippen LogP contribution in [-0.4, -0.2) is 31.2 Å². The number of aromatic amines is 2. The molecule has 0 aliphatic heterocycles. The van der Waals surface area contributed by atoms with Gasteiger partial charge >= 0.3 is 0 Å². The van der Waals surface area contributed by atoms with Crippen LogP contribution in [0.4, 0.5) is 0 Å². The second kappa shape index (κ2) is 7.12. The molecule has 3 aromatic heterocycles. The molecule has 0 bridgehead atoms. The van der Waals surface area contributed by atoms with Gasteiger partial charge in [-0.25, -0.2) is 0 Å². The minimum absolute atomic E-state index is 0.115. The van der Waals surface area contributed by atoms with E-state index in [4.69, 9.17) is 4.52 Å². The van der Waals surface area contributed by atoms with Gasteiger partial charge in [0.05, 0.1) is 12.2 Å². The lowest BCUT2D eigenvalue weighted by Gasteiger charge is -2.03. The summed E-state index contributed by atoms with van der Waals surface area (Å²) in [6.07, 6.45) is 2.47. The van der Waals surface area contributed by atoms with Crippen molar-refractivity contribution in [1.29, 1.82) is 0 Å². The van der Waals surface area contributed by atoms with Gasteiger partial charge < -0.3 is 14.8 Å². The molecule has 1 amide bonds. The number of nitrogens with one attached hydrogen (secondary N) is 3. The molecule has 0 aromatic carbocycles. The maximum Gasteiger partial charge on any atom is 0.248 e. The zero-order chi connectivity index (χ0) is 17.8. The van der Waals surface area contributed by atoms with Gasteiger partial charge in [-0.3, -0.25) is 14.7 Å². The van der Waals surface area contributed by atoms with Crippen molar-refractivity contribution in [2.75, 3.05) is 0 Å². The molecule has 0 fully saturated rings. The number of H-pyrrole nitrogens is 2. The Balaban J connectivity index is 1.53. The highest BCUT2D eigenvalue weighted by Crippen LogP contribution is 2.13. The van der Waals surface area contributed by atoms with Crippen molar-refractivity contribution in [3.05, 3.63) is 51.5 Å². The van der Waals surface area contributed by atoms with Gasteiger partial charge in [0, 0.05) is 29.9 Å². The molecule has 0 aliphatic carbocycles. The minimum Gasteiger partial charge on any atom is -0.347 e. The maximum atomic E-state index is 12.0. The summed E-state index contributed by atoms with van der Waals surface area (Å²) in [5.74, 6) is 0.468. The smallest absolute Gasteiger partial charge is 0.248 e. The van der Waals surface area contributed by atoms with Crippen LogP contribution in [0.5, 0.6) is 0 Å². The average Bonchev–Trinajstić information content (AvgIpc) is 3.19. The predicted octanol–water partition coefficient (Wildman–Crippen LogP) is 1.01. The molecule has 0 aliphatic rings. The van der Waals surface area contributed by atoms with Crippen LogP contribution < -0.4 is 10.9 Å². The molecule has 3 aromatic rings. The third-order valence-corrected chi connectivity index (χ3v) is 3.82. The summed E-state index contributed by atoms with van der Waals surface area (Å²) in [6.45, 7) is 3.98. The van der Waals surface area contributed by atoms with E-state index in [2.05, 4.69) is 30.6 Å². The molecule has 3 heterocycles. The molecule has 3 rings (SSSR count). The molecule has 9 nitrogen and oxygen atoms in total. The number of carbonyl (C=O) groups excluding carboxylic acids is 1. The summed E-state index contributed by atoms with van der Waals surface area (Å²) in [6, 6.07) is 3.05. The molecule has 0 saturated carbocycles. The second-order valence-electron chi connectivity index (χ2n) is 5.64. The SMILES string of the molecule is Cc1n[nH]c(C)c1CCC(=O)NCc1nc(-c2cc[nH]c(=O)c2)no1. The van der Waals surface area contributed by atoms with Gasteiger partial charge in [-0.1, -0.05) is 5.16 Å². The molecule has 0 unspecified atom stereocenters. The molecular formula is C16H18N6O3. The van der Waals surface area contributed by atoms with Gasteiger partial charge in [0.25, 0.3) is 0 Å². The van der Waals surface area contributed by atoms with Crippen molar-refractivity contribution in [2.45, 2.75) is 33.2 Å². The lowest BCUT2D eigenvalue weighted by molar-refractivity contribution is -0.121. The first-order chi connectivity index (χ1) is 12.0. The highest BCUT2D eigenvalue weighted by Gasteiger charge is 2.12. The van der Waals surface area contributed by atoms with Gasteiger partial charge in [-0.2, -0.15) is 10.1 Å². The topological polar surface area (TPSA) is 130 Å². The van der Waals surface area contributed by atoms with Gasteiger partial charge in [0.15, 0.2) is 0 Å². The summed E-state index contributed by atoms with van der Waals surface area (Å²) < 4.78 is 5.09. The summed E-state index contributed by atoms with van der Waals surface area (Å²) in [4.78, 5) is 30.0. The van der Waals surface area contributed by atoms with Crippen LogP contribution >= 0.6 is 0 Å². The quantitative estimate of drug-likeness (QED) is 0.613. The number of amides is 1. The van der Waals surface area contributed by atoms with E-state index in [9.17, 15) is 9.59 Å². The molecule has 0 atom stereocenters. The summed E-state index contributed by atoms with van der Waals surface area (Å²) in [7, 11) is 0. The minimum atomic E-state index is -0.248. The zero-order valence-corrected chi connectivity index (χ0v) is 13.9. The first-order valence-corrected chi connectivity index (χ1v) is 7.82. The average molecular weight is 342 g/mol. The fourth-order valence-corrected chi connectivity index (χ4v) is 2.47. The highest BCUT2D eigenvalue weighted by molar-refractivity contribution is 5.76. The van der Waals surface area contributed by atoms with E-state index in [1.165, 1.54) is 12.3 Å². The zero-order valence-electron chi connectivity index (χ0n) is 13.9. The third kappa shape index (κ3) is 4.00.